The van der Waals surface area contributed by atoms with Crippen LogP contribution in [0.1, 0.15) is 35.7 Å². The zero-order valence-corrected chi connectivity index (χ0v) is 16.7. The average molecular weight is 405 g/mol. The van der Waals surface area contributed by atoms with E-state index in [-0.39, 0.29) is 24.7 Å². The van der Waals surface area contributed by atoms with E-state index in [0.29, 0.717) is 23.2 Å². The van der Waals surface area contributed by atoms with Crippen LogP contribution in [0.15, 0.2) is 67.0 Å². The number of hydrogen-bond donors (Lipinski definition) is 1. The lowest BCUT2D eigenvalue weighted by Crippen LogP contribution is -2.16. The van der Waals surface area contributed by atoms with Gasteiger partial charge in [-0.2, -0.15) is 5.10 Å². The van der Waals surface area contributed by atoms with Crippen LogP contribution in [0.25, 0.3) is 5.69 Å². The molecule has 3 aromatic rings. The Morgan fingerprint density at radius 2 is 1.77 bits per heavy atom. The van der Waals surface area contributed by atoms with E-state index in [9.17, 15) is 14.4 Å². The number of aromatic nitrogens is 2. The summed E-state index contributed by atoms with van der Waals surface area (Å²) in [5, 5.41) is 6.99. The topological polar surface area (TPSA) is 90.3 Å². The molecule has 0 unspecified atom stereocenters. The zero-order chi connectivity index (χ0) is 21.3. The highest BCUT2D eigenvalue weighted by molar-refractivity contribution is 5.98. The highest BCUT2D eigenvalue weighted by atomic mass is 16.5. The normalized spacial score (nSPS) is 10.4. The van der Waals surface area contributed by atoms with E-state index in [1.165, 1.54) is 0 Å². The van der Waals surface area contributed by atoms with E-state index < -0.39 is 5.97 Å². The van der Waals surface area contributed by atoms with Crippen molar-refractivity contribution in [3.05, 3.63) is 78.1 Å². The first kappa shape index (κ1) is 21.0. The summed E-state index contributed by atoms with van der Waals surface area (Å²) in [5.41, 5.74) is 2.62. The summed E-state index contributed by atoms with van der Waals surface area (Å²) >= 11 is 0. The van der Waals surface area contributed by atoms with Gasteiger partial charge in [0.05, 0.1) is 18.3 Å². The molecule has 1 amide bonds. The minimum atomic E-state index is -0.501. The third-order valence-corrected chi connectivity index (χ3v) is 4.34. The van der Waals surface area contributed by atoms with Gasteiger partial charge in [-0.3, -0.25) is 14.4 Å². The van der Waals surface area contributed by atoms with Gasteiger partial charge in [-0.05, 0) is 42.8 Å². The molecule has 7 heteroatoms. The van der Waals surface area contributed by atoms with Crippen LogP contribution in [-0.4, -0.2) is 34.0 Å². The van der Waals surface area contributed by atoms with E-state index in [0.717, 1.165) is 12.1 Å². The fraction of sp³-hybridized carbons (Fsp3) is 0.217. The number of ether oxygens (including phenoxy) is 1. The first-order chi connectivity index (χ1) is 14.5. The third kappa shape index (κ3) is 5.88. The van der Waals surface area contributed by atoms with Crippen molar-refractivity contribution in [1.82, 2.24) is 9.78 Å². The Balaban J connectivity index is 1.48. The van der Waals surface area contributed by atoms with Gasteiger partial charge in [0, 0.05) is 29.4 Å². The maximum Gasteiger partial charge on any atom is 0.310 e. The van der Waals surface area contributed by atoms with Gasteiger partial charge in [-0.15, -0.1) is 0 Å². The number of rotatable bonds is 9. The number of Topliss-reactive ketones (excluding diaryl/α,β-unsaturated/α-hetero) is 1. The molecule has 0 aliphatic rings. The van der Waals surface area contributed by atoms with Crippen molar-refractivity contribution in [1.29, 1.82) is 0 Å². The number of ketones is 1. The molecular weight excluding hydrogens is 382 g/mol. The molecule has 3 rings (SSSR count). The van der Waals surface area contributed by atoms with Gasteiger partial charge in [0.1, 0.15) is 0 Å². The first-order valence-electron chi connectivity index (χ1n) is 9.73. The molecule has 0 saturated carbocycles. The molecule has 1 heterocycles. The summed E-state index contributed by atoms with van der Waals surface area (Å²) in [6, 6.07) is 16.1. The molecule has 0 atom stereocenters. The summed E-state index contributed by atoms with van der Waals surface area (Å²) in [6.07, 6.45) is 4.59. The van der Waals surface area contributed by atoms with Crippen LogP contribution in [0.3, 0.4) is 0 Å². The summed E-state index contributed by atoms with van der Waals surface area (Å²) < 4.78 is 6.78. The number of esters is 1. The highest BCUT2D eigenvalue weighted by Gasteiger charge is 2.12. The molecule has 0 aliphatic carbocycles. The van der Waals surface area contributed by atoms with Crippen LogP contribution >= 0.6 is 0 Å². The van der Waals surface area contributed by atoms with Crippen molar-refractivity contribution < 1.29 is 19.1 Å². The predicted octanol–water partition coefficient (Wildman–Crippen LogP) is 3.58. The molecule has 7 nitrogen and oxygen atoms in total. The molecule has 0 aliphatic heterocycles. The molecule has 30 heavy (non-hydrogen) atoms. The van der Waals surface area contributed by atoms with Gasteiger partial charge in [-0.25, -0.2) is 4.68 Å². The van der Waals surface area contributed by atoms with Crippen molar-refractivity contribution in [2.75, 3.05) is 11.9 Å². The number of nitrogens with zero attached hydrogens (tertiary/aromatic N) is 2. The minimum Gasteiger partial charge on any atom is -0.457 e. The monoisotopic (exact) mass is 405 g/mol. The second-order valence-electron chi connectivity index (χ2n) is 6.76. The Labute approximate surface area is 174 Å². The molecule has 1 aromatic heterocycles. The second-order valence-corrected chi connectivity index (χ2v) is 6.76. The standard InChI is InChI=1S/C23H23N3O4/c1-2-6-22(28)25-19-11-9-18(10-12-19)21(27)16-30-23(29)13-17-14-24-26(15-17)20-7-4-3-5-8-20/h3-5,7-12,14-15H,2,6,13,16H2,1H3,(H,25,28). The van der Waals surface area contributed by atoms with Crippen LogP contribution in [-0.2, 0) is 20.7 Å². The van der Waals surface area contributed by atoms with E-state index in [4.69, 9.17) is 4.74 Å². The van der Waals surface area contributed by atoms with Crippen LogP contribution in [0.5, 0.6) is 0 Å². The summed E-state index contributed by atoms with van der Waals surface area (Å²) in [4.78, 5) is 35.9. The van der Waals surface area contributed by atoms with Gasteiger partial charge in [0.2, 0.25) is 5.91 Å². The largest absolute Gasteiger partial charge is 0.457 e. The van der Waals surface area contributed by atoms with Crippen LogP contribution in [0.2, 0.25) is 0 Å². The summed E-state index contributed by atoms with van der Waals surface area (Å²) in [5.74, 6) is -0.879. The van der Waals surface area contributed by atoms with Gasteiger partial charge in [0.15, 0.2) is 12.4 Å². The Morgan fingerprint density at radius 1 is 1.03 bits per heavy atom. The maximum atomic E-state index is 12.2. The Morgan fingerprint density at radius 3 is 2.47 bits per heavy atom. The Kier molecular flexibility index (Phi) is 7.10. The van der Waals surface area contributed by atoms with Crippen LogP contribution < -0.4 is 5.32 Å². The highest BCUT2D eigenvalue weighted by Crippen LogP contribution is 2.12. The summed E-state index contributed by atoms with van der Waals surface area (Å²) in [7, 11) is 0. The second kappa shape index (κ2) is 10.2. The van der Waals surface area contributed by atoms with Crippen molar-refractivity contribution in [3.63, 3.8) is 0 Å². The molecule has 0 fully saturated rings. The number of amides is 1. The van der Waals surface area contributed by atoms with Gasteiger partial charge in [-0.1, -0.05) is 25.1 Å². The van der Waals surface area contributed by atoms with E-state index in [1.54, 1.807) is 41.3 Å². The zero-order valence-electron chi connectivity index (χ0n) is 16.7. The molecule has 1 N–H and O–H groups in total. The van der Waals surface area contributed by atoms with Crippen molar-refractivity contribution in [2.24, 2.45) is 0 Å². The van der Waals surface area contributed by atoms with Crippen molar-refractivity contribution in [3.8, 4) is 5.69 Å². The van der Waals surface area contributed by atoms with Crippen molar-refractivity contribution >= 4 is 23.3 Å². The number of carbonyl (C=O) groups is 3. The molecular formula is C23H23N3O4. The molecule has 0 saturated heterocycles. The van der Waals surface area contributed by atoms with E-state index in [2.05, 4.69) is 10.4 Å². The van der Waals surface area contributed by atoms with Gasteiger partial charge < -0.3 is 10.1 Å². The smallest absolute Gasteiger partial charge is 0.310 e. The predicted molar refractivity (Wildman–Crippen MR) is 113 cm³/mol. The minimum absolute atomic E-state index is 0.0303. The first-order valence-corrected chi connectivity index (χ1v) is 9.73. The molecule has 0 radical (unpaired) electrons. The Hall–Kier alpha value is -3.74. The van der Waals surface area contributed by atoms with Crippen molar-refractivity contribution in [2.45, 2.75) is 26.2 Å². The molecule has 0 bridgehead atoms. The molecule has 0 spiro atoms. The average Bonchev–Trinajstić information content (AvgIpc) is 3.22. The fourth-order valence-corrected chi connectivity index (χ4v) is 2.81. The summed E-state index contributed by atoms with van der Waals surface area (Å²) in [6.45, 7) is 1.59. The van der Waals surface area contributed by atoms with Crippen LogP contribution in [0.4, 0.5) is 5.69 Å². The number of benzene rings is 2. The van der Waals surface area contributed by atoms with Crippen LogP contribution in [0, 0.1) is 0 Å². The van der Waals surface area contributed by atoms with Gasteiger partial charge in [0.25, 0.3) is 0 Å². The maximum absolute atomic E-state index is 12.2. The number of nitrogens with one attached hydrogen (secondary N) is 1. The number of carbonyl (C=O) groups excluding carboxylic acids is 3. The van der Waals surface area contributed by atoms with E-state index >= 15 is 0 Å². The quantitative estimate of drug-likeness (QED) is 0.434. The lowest BCUT2D eigenvalue weighted by molar-refractivity contribution is -0.141. The Bertz CT molecular complexity index is 1010. The van der Waals surface area contributed by atoms with E-state index in [1.807, 2.05) is 37.3 Å². The van der Waals surface area contributed by atoms with Gasteiger partial charge >= 0.3 is 5.97 Å². The fourth-order valence-electron chi connectivity index (χ4n) is 2.81. The molecule has 2 aromatic carbocycles. The number of para-hydroxylation sites is 1. The number of hydrogen-bond acceptors (Lipinski definition) is 5. The number of anilines is 1. The molecule has 154 valence electrons. The SMILES string of the molecule is CCCC(=O)Nc1ccc(C(=O)COC(=O)Cc2cnn(-c3ccccc3)c2)cc1. The lowest BCUT2D eigenvalue weighted by Gasteiger charge is -2.06. The third-order valence-electron chi connectivity index (χ3n) is 4.34. The lowest BCUT2D eigenvalue weighted by atomic mass is 10.1.